The number of nitrogens with two attached hydrogens (primary N) is 2. The number of aliphatic carboxylic acids is 2. The van der Waals surface area contributed by atoms with Crippen LogP contribution in [0.1, 0.15) is 72.6 Å². The molecule has 5 atom stereocenters. The Morgan fingerprint density at radius 3 is 1.89 bits per heavy atom. The lowest BCUT2D eigenvalue weighted by Gasteiger charge is -2.27. The first-order valence-electron chi connectivity index (χ1n) is 12.1. The molecule has 12 heteroatoms. The molecule has 0 aliphatic rings. The molecule has 9 N–H and O–H groups in total. The first-order valence-corrected chi connectivity index (χ1v) is 12.1. The van der Waals surface area contributed by atoms with Crippen molar-refractivity contribution in [3.8, 4) is 0 Å². The average Bonchev–Trinajstić information content (AvgIpc) is 2.78. The van der Waals surface area contributed by atoms with Crippen LogP contribution in [0.25, 0.3) is 0 Å². The first kappa shape index (κ1) is 32.3. The van der Waals surface area contributed by atoms with Crippen LogP contribution in [0.15, 0.2) is 0 Å². The zero-order valence-corrected chi connectivity index (χ0v) is 21.2. The van der Waals surface area contributed by atoms with E-state index in [-0.39, 0.29) is 24.7 Å². The van der Waals surface area contributed by atoms with E-state index < -0.39 is 60.2 Å². The highest BCUT2D eigenvalue weighted by Gasteiger charge is 2.32. The van der Waals surface area contributed by atoms with E-state index >= 15 is 0 Å². The van der Waals surface area contributed by atoms with Crippen LogP contribution in [0.2, 0.25) is 0 Å². The minimum absolute atomic E-state index is 0.00704. The lowest BCUT2D eigenvalue weighted by Crippen LogP contribution is -2.58. The number of carboxylic acids is 2. The van der Waals surface area contributed by atoms with Gasteiger partial charge in [0.2, 0.25) is 17.7 Å². The highest BCUT2D eigenvalue weighted by molar-refractivity contribution is 5.94. The third kappa shape index (κ3) is 13.1. The minimum atomic E-state index is -1.30. The molecule has 35 heavy (non-hydrogen) atoms. The van der Waals surface area contributed by atoms with Gasteiger partial charge < -0.3 is 37.6 Å². The Bertz CT molecular complexity index is 716. The highest BCUT2D eigenvalue weighted by atomic mass is 16.4. The fourth-order valence-electron chi connectivity index (χ4n) is 3.37. The summed E-state index contributed by atoms with van der Waals surface area (Å²) in [6, 6.07) is -4.33. The van der Waals surface area contributed by atoms with Gasteiger partial charge in [0.1, 0.15) is 18.1 Å². The van der Waals surface area contributed by atoms with Crippen LogP contribution < -0.4 is 27.4 Å². The highest BCUT2D eigenvalue weighted by Crippen LogP contribution is 2.11. The van der Waals surface area contributed by atoms with E-state index in [1.807, 2.05) is 13.8 Å². The number of amides is 3. The monoisotopic (exact) mass is 501 g/mol. The number of hydrogen-bond acceptors (Lipinski definition) is 7. The molecule has 0 saturated carbocycles. The summed E-state index contributed by atoms with van der Waals surface area (Å²) in [6.45, 7) is 7.62. The van der Waals surface area contributed by atoms with E-state index in [0.717, 1.165) is 0 Å². The van der Waals surface area contributed by atoms with Crippen LogP contribution in [0.4, 0.5) is 0 Å². The van der Waals surface area contributed by atoms with Crippen LogP contribution in [0.5, 0.6) is 0 Å². The first-order chi connectivity index (χ1) is 16.3. The third-order valence-corrected chi connectivity index (χ3v) is 5.70. The molecule has 0 heterocycles. The molecule has 0 saturated heterocycles. The second-order valence-corrected chi connectivity index (χ2v) is 9.29. The van der Waals surface area contributed by atoms with Gasteiger partial charge in [0.15, 0.2) is 0 Å². The van der Waals surface area contributed by atoms with E-state index in [1.54, 1.807) is 13.8 Å². The number of rotatable bonds is 18. The zero-order chi connectivity index (χ0) is 27.1. The molecule has 0 rings (SSSR count). The molecule has 0 aromatic carbocycles. The van der Waals surface area contributed by atoms with E-state index in [1.165, 1.54) is 0 Å². The van der Waals surface area contributed by atoms with Crippen molar-refractivity contribution in [2.24, 2.45) is 23.3 Å². The van der Waals surface area contributed by atoms with Crippen LogP contribution in [0.3, 0.4) is 0 Å². The Morgan fingerprint density at radius 2 is 1.40 bits per heavy atom. The molecule has 0 radical (unpaired) electrons. The van der Waals surface area contributed by atoms with Crippen molar-refractivity contribution < 1.29 is 34.2 Å². The molecular formula is C23H43N5O7. The van der Waals surface area contributed by atoms with Gasteiger partial charge in [-0.25, -0.2) is 4.79 Å². The van der Waals surface area contributed by atoms with Crippen LogP contribution in [-0.4, -0.2) is 70.6 Å². The predicted molar refractivity (Wildman–Crippen MR) is 130 cm³/mol. The van der Waals surface area contributed by atoms with Gasteiger partial charge in [-0.15, -0.1) is 0 Å². The van der Waals surface area contributed by atoms with Crippen molar-refractivity contribution in [2.45, 2.75) is 96.8 Å². The van der Waals surface area contributed by atoms with E-state index in [9.17, 15) is 29.1 Å². The number of nitrogens with one attached hydrogen (secondary N) is 3. The summed E-state index contributed by atoms with van der Waals surface area (Å²) in [6.07, 6.45) is 1.83. The Balaban J connectivity index is 5.54. The molecule has 0 bridgehead atoms. The summed E-state index contributed by atoms with van der Waals surface area (Å²) < 4.78 is 0. The molecule has 0 fully saturated rings. The topological polar surface area (TPSA) is 214 Å². The largest absolute Gasteiger partial charge is 0.481 e. The number of carboxylic acid groups (broad SMARTS) is 2. The van der Waals surface area contributed by atoms with Crippen LogP contribution >= 0.6 is 0 Å². The number of carbonyl (C=O) groups excluding carboxylic acids is 3. The Labute approximate surface area is 206 Å². The van der Waals surface area contributed by atoms with Crippen molar-refractivity contribution in [1.82, 2.24) is 16.0 Å². The van der Waals surface area contributed by atoms with Crippen LogP contribution in [-0.2, 0) is 24.0 Å². The molecule has 0 aromatic heterocycles. The normalized spacial score (nSPS) is 15.4. The fraction of sp³-hybridized carbons (Fsp3) is 0.783. The molecule has 0 spiro atoms. The molecule has 0 aliphatic carbocycles. The molecular weight excluding hydrogens is 458 g/mol. The Morgan fingerprint density at radius 1 is 0.829 bits per heavy atom. The summed E-state index contributed by atoms with van der Waals surface area (Å²) >= 11 is 0. The van der Waals surface area contributed by atoms with Gasteiger partial charge in [0.05, 0.1) is 6.04 Å². The van der Waals surface area contributed by atoms with Gasteiger partial charge in [-0.05, 0) is 44.1 Å². The SMILES string of the molecule is CCC(C)C(NC(=O)C(CCC(=O)O)NC(=O)C(CC(C)C)NC(=O)C(N)CCCCN)C(=O)O. The smallest absolute Gasteiger partial charge is 0.326 e. The van der Waals surface area contributed by atoms with Crippen molar-refractivity contribution in [3.05, 3.63) is 0 Å². The van der Waals surface area contributed by atoms with Gasteiger partial charge in [-0.1, -0.05) is 40.5 Å². The molecule has 3 amide bonds. The maximum atomic E-state index is 13.0. The lowest BCUT2D eigenvalue weighted by atomic mass is 9.98. The fourth-order valence-corrected chi connectivity index (χ4v) is 3.37. The molecule has 5 unspecified atom stereocenters. The second kappa shape index (κ2) is 16.8. The third-order valence-electron chi connectivity index (χ3n) is 5.70. The maximum Gasteiger partial charge on any atom is 0.326 e. The van der Waals surface area contributed by atoms with Crippen molar-refractivity contribution in [3.63, 3.8) is 0 Å². The molecule has 12 nitrogen and oxygen atoms in total. The Hall–Kier alpha value is -2.73. The maximum absolute atomic E-state index is 13.0. The average molecular weight is 502 g/mol. The minimum Gasteiger partial charge on any atom is -0.481 e. The van der Waals surface area contributed by atoms with Crippen molar-refractivity contribution >= 4 is 29.7 Å². The van der Waals surface area contributed by atoms with Gasteiger partial charge in [0.25, 0.3) is 0 Å². The second-order valence-electron chi connectivity index (χ2n) is 9.29. The molecule has 0 aromatic rings. The van der Waals surface area contributed by atoms with E-state index in [2.05, 4.69) is 16.0 Å². The molecule has 0 aliphatic heterocycles. The summed E-state index contributed by atoms with van der Waals surface area (Å²) in [4.78, 5) is 61.1. The molecule has 202 valence electrons. The van der Waals surface area contributed by atoms with Gasteiger partial charge >= 0.3 is 11.9 Å². The van der Waals surface area contributed by atoms with E-state index in [4.69, 9.17) is 16.6 Å². The summed E-state index contributed by atoms with van der Waals surface area (Å²) in [5.74, 6) is -4.79. The predicted octanol–water partition coefficient (Wildman–Crippen LogP) is -0.0613. The number of unbranched alkanes of at least 4 members (excludes halogenated alkanes) is 1. The summed E-state index contributed by atoms with van der Waals surface area (Å²) in [5, 5.41) is 26.0. The van der Waals surface area contributed by atoms with Gasteiger partial charge in [-0.2, -0.15) is 0 Å². The number of carbonyl (C=O) groups is 5. The van der Waals surface area contributed by atoms with E-state index in [0.29, 0.717) is 32.2 Å². The summed E-state index contributed by atoms with van der Waals surface area (Å²) in [5.41, 5.74) is 11.4. The van der Waals surface area contributed by atoms with Gasteiger partial charge in [-0.3, -0.25) is 19.2 Å². The summed E-state index contributed by atoms with van der Waals surface area (Å²) in [7, 11) is 0. The zero-order valence-electron chi connectivity index (χ0n) is 21.2. The van der Waals surface area contributed by atoms with Crippen molar-refractivity contribution in [1.29, 1.82) is 0 Å². The standard InChI is InChI=1S/C23H43N5O7/c1-5-14(4)19(23(34)35)28-21(32)16(9-10-18(29)30)26-22(33)17(12-13(2)3)27-20(31)15(25)8-6-7-11-24/h13-17,19H,5-12,24-25H2,1-4H3,(H,26,33)(H,27,31)(H,28,32)(H,29,30)(H,34,35). The van der Waals surface area contributed by atoms with Crippen LogP contribution in [0, 0.1) is 11.8 Å². The Kier molecular flexibility index (Phi) is 15.5. The quantitative estimate of drug-likeness (QED) is 0.125. The van der Waals surface area contributed by atoms with Gasteiger partial charge in [0, 0.05) is 6.42 Å². The number of hydrogen-bond donors (Lipinski definition) is 7. The lowest BCUT2D eigenvalue weighted by molar-refractivity contribution is -0.144. The van der Waals surface area contributed by atoms with Crippen molar-refractivity contribution in [2.75, 3.05) is 6.54 Å².